The summed E-state index contributed by atoms with van der Waals surface area (Å²) in [6.45, 7) is 2.44. The summed E-state index contributed by atoms with van der Waals surface area (Å²) in [6.07, 6.45) is 0.281. The third-order valence-corrected chi connectivity index (χ3v) is 0.661. The van der Waals surface area contributed by atoms with Crippen molar-refractivity contribution in [3.63, 3.8) is 0 Å². The zero-order chi connectivity index (χ0) is 8.85. The van der Waals surface area contributed by atoms with Gasteiger partial charge in [-0.2, -0.15) is 5.12 Å². The molecule has 0 aromatic carbocycles. The molecule has 6 nitrogen and oxygen atoms in total. The zero-order valence-electron chi connectivity index (χ0n) is 6.25. The topological polar surface area (TPSA) is 78.5 Å². The molecule has 0 aliphatic heterocycles. The number of amides is 3. The normalized spacial score (nSPS) is 8.18. The summed E-state index contributed by atoms with van der Waals surface area (Å²) in [7, 11) is 0. The van der Waals surface area contributed by atoms with E-state index in [9.17, 15) is 14.4 Å². The van der Waals surface area contributed by atoms with Gasteiger partial charge in [0.05, 0.1) is 0 Å². The predicted molar refractivity (Wildman–Crippen MR) is 35.5 cm³/mol. The van der Waals surface area contributed by atoms with E-state index in [1.807, 2.05) is 0 Å². The minimum atomic E-state index is -0.439. The molecular weight excluding hydrogens is 150 g/mol. The second-order valence-corrected chi connectivity index (χ2v) is 1.81. The average molecular weight is 159 g/mol. The van der Waals surface area contributed by atoms with E-state index >= 15 is 0 Å². The van der Waals surface area contributed by atoms with Crippen LogP contribution in [-0.2, 0) is 14.4 Å². The molecule has 0 bridgehead atoms. The van der Waals surface area contributed by atoms with Crippen LogP contribution in [0.1, 0.15) is 13.8 Å². The van der Waals surface area contributed by atoms with Crippen LogP contribution in [0.4, 0.5) is 0 Å². The molecule has 6 heteroatoms. The Kier molecular flexibility index (Phi) is 3.65. The van der Waals surface area contributed by atoms with Gasteiger partial charge in [-0.1, -0.05) is 0 Å². The Bertz CT molecular complexity index is 164. The molecule has 0 radical (unpaired) electrons. The van der Waals surface area contributed by atoms with Crippen molar-refractivity contribution in [3.05, 3.63) is 0 Å². The summed E-state index contributed by atoms with van der Waals surface area (Å²) in [5.41, 5.74) is 4.11. The Morgan fingerprint density at radius 3 is 1.73 bits per heavy atom. The molecule has 0 saturated carbocycles. The number of hydrogen-bond acceptors (Lipinski definition) is 3. The second kappa shape index (κ2) is 4.26. The number of hydrogen-bond donors (Lipinski definition) is 2. The van der Waals surface area contributed by atoms with E-state index in [0.29, 0.717) is 5.12 Å². The molecule has 0 rings (SSSR count). The van der Waals surface area contributed by atoms with Crippen LogP contribution in [0.5, 0.6) is 0 Å². The number of rotatable bonds is 3. The van der Waals surface area contributed by atoms with Crippen LogP contribution in [0.3, 0.4) is 0 Å². The molecule has 0 heterocycles. The van der Waals surface area contributed by atoms with Crippen LogP contribution in [0.15, 0.2) is 0 Å². The highest BCUT2D eigenvalue weighted by molar-refractivity contribution is 5.77. The van der Waals surface area contributed by atoms with Crippen molar-refractivity contribution >= 4 is 18.2 Å². The molecule has 0 aromatic heterocycles. The van der Waals surface area contributed by atoms with Crippen molar-refractivity contribution in [2.75, 3.05) is 0 Å². The Hall–Kier alpha value is -1.59. The van der Waals surface area contributed by atoms with Crippen LogP contribution in [-0.4, -0.2) is 23.3 Å². The molecule has 0 atom stereocenters. The zero-order valence-corrected chi connectivity index (χ0v) is 6.25. The number of hydrazine groups is 2. The Morgan fingerprint density at radius 2 is 1.55 bits per heavy atom. The van der Waals surface area contributed by atoms with Gasteiger partial charge in [0.2, 0.25) is 18.2 Å². The molecule has 0 unspecified atom stereocenters. The first kappa shape index (κ1) is 9.41. The Morgan fingerprint density at radius 1 is 1.18 bits per heavy atom. The Balaban J connectivity index is 3.85. The van der Waals surface area contributed by atoms with Gasteiger partial charge in [0, 0.05) is 13.8 Å². The van der Waals surface area contributed by atoms with Crippen molar-refractivity contribution < 1.29 is 14.4 Å². The maximum Gasteiger partial charge on any atom is 0.248 e. The first-order valence-electron chi connectivity index (χ1n) is 2.85. The smallest absolute Gasteiger partial charge is 0.248 e. The highest BCUT2D eigenvalue weighted by Gasteiger charge is 2.02. The summed E-state index contributed by atoms with van der Waals surface area (Å²) >= 11 is 0. The highest BCUT2D eigenvalue weighted by atomic mass is 16.2. The first-order valence-corrected chi connectivity index (χ1v) is 2.85. The van der Waals surface area contributed by atoms with Crippen LogP contribution in [0, 0.1) is 0 Å². The van der Waals surface area contributed by atoms with Gasteiger partial charge in [-0.3, -0.25) is 14.4 Å². The van der Waals surface area contributed by atoms with Gasteiger partial charge in [0.25, 0.3) is 0 Å². The molecule has 0 aliphatic carbocycles. The van der Waals surface area contributed by atoms with Gasteiger partial charge in [-0.05, 0) is 0 Å². The maximum absolute atomic E-state index is 10.3. The highest BCUT2D eigenvalue weighted by Crippen LogP contribution is 1.69. The standard InChI is InChI=1S/C5H9N3O3/c1-4(10)6-8(3-9)7-5(2)11/h3H,1-2H3,(H,6,10)(H,7,11). The summed E-state index contributed by atoms with van der Waals surface area (Å²) in [4.78, 5) is 30.7. The molecule has 0 aliphatic rings. The molecule has 3 amide bonds. The number of nitrogens with one attached hydrogen (secondary N) is 2. The fraction of sp³-hybridized carbons (Fsp3) is 0.400. The molecule has 0 aromatic rings. The van der Waals surface area contributed by atoms with Gasteiger partial charge >= 0.3 is 0 Å². The summed E-state index contributed by atoms with van der Waals surface area (Å²) < 4.78 is 0. The van der Waals surface area contributed by atoms with Gasteiger partial charge in [-0.25, -0.2) is 10.9 Å². The van der Waals surface area contributed by atoms with E-state index in [0.717, 1.165) is 0 Å². The van der Waals surface area contributed by atoms with E-state index in [2.05, 4.69) is 10.9 Å². The van der Waals surface area contributed by atoms with Crippen LogP contribution < -0.4 is 10.9 Å². The first-order chi connectivity index (χ1) is 5.06. The summed E-state index contributed by atoms with van der Waals surface area (Å²) in [6, 6.07) is 0. The van der Waals surface area contributed by atoms with E-state index in [1.165, 1.54) is 13.8 Å². The molecule has 62 valence electrons. The van der Waals surface area contributed by atoms with Crippen molar-refractivity contribution in [1.29, 1.82) is 0 Å². The fourth-order valence-corrected chi connectivity index (χ4v) is 0.420. The molecule has 0 fully saturated rings. The lowest BCUT2D eigenvalue weighted by atomic mass is 10.7. The number of carbonyl (C=O) groups is 3. The van der Waals surface area contributed by atoms with Crippen molar-refractivity contribution in [2.24, 2.45) is 0 Å². The largest absolute Gasteiger partial charge is 0.275 e. The van der Waals surface area contributed by atoms with Gasteiger partial charge in [-0.15, -0.1) is 0 Å². The summed E-state index contributed by atoms with van der Waals surface area (Å²) in [5, 5.41) is 0.644. The third-order valence-electron chi connectivity index (χ3n) is 0.661. The quantitative estimate of drug-likeness (QED) is 0.390. The van der Waals surface area contributed by atoms with E-state index in [1.54, 1.807) is 0 Å². The lowest BCUT2D eigenvalue weighted by Gasteiger charge is -2.15. The molecule has 2 N–H and O–H groups in total. The van der Waals surface area contributed by atoms with Crippen LogP contribution in [0.25, 0.3) is 0 Å². The lowest BCUT2D eigenvalue weighted by Crippen LogP contribution is -2.50. The Labute approximate surface area is 63.5 Å². The van der Waals surface area contributed by atoms with Gasteiger partial charge < -0.3 is 0 Å². The molecular formula is C5H9N3O3. The monoisotopic (exact) mass is 159 g/mol. The SMILES string of the molecule is CC(=O)NN(C=O)NC(C)=O. The fourth-order valence-electron chi connectivity index (χ4n) is 0.420. The van der Waals surface area contributed by atoms with Crippen LogP contribution in [0.2, 0.25) is 0 Å². The third kappa shape index (κ3) is 4.89. The second-order valence-electron chi connectivity index (χ2n) is 1.81. The number of carbonyl (C=O) groups excluding carboxylic acids is 3. The minimum absolute atomic E-state index is 0.281. The van der Waals surface area contributed by atoms with E-state index in [4.69, 9.17) is 0 Å². The molecule has 0 saturated heterocycles. The molecule has 11 heavy (non-hydrogen) atoms. The average Bonchev–Trinajstić information content (AvgIpc) is 1.84. The van der Waals surface area contributed by atoms with Gasteiger partial charge in [0.15, 0.2) is 0 Å². The summed E-state index contributed by atoms with van der Waals surface area (Å²) in [5.74, 6) is -0.878. The number of nitrogens with zero attached hydrogens (tertiary/aromatic N) is 1. The minimum Gasteiger partial charge on any atom is -0.275 e. The lowest BCUT2D eigenvalue weighted by molar-refractivity contribution is -0.141. The van der Waals surface area contributed by atoms with Gasteiger partial charge in [0.1, 0.15) is 0 Å². The van der Waals surface area contributed by atoms with Crippen molar-refractivity contribution in [1.82, 2.24) is 16.0 Å². The van der Waals surface area contributed by atoms with Crippen molar-refractivity contribution in [3.8, 4) is 0 Å². The maximum atomic E-state index is 10.3. The molecule has 0 spiro atoms. The van der Waals surface area contributed by atoms with Crippen LogP contribution >= 0.6 is 0 Å². The van der Waals surface area contributed by atoms with E-state index in [-0.39, 0.29) is 6.41 Å². The predicted octanol–water partition coefficient (Wildman–Crippen LogP) is -1.45. The van der Waals surface area contributed by atoms with Crippen molar-refractivity contribution in [2.45, 2.75) is 13.8 Å². The van der Waals surface area contributed by atoms with E-state index < -0.39 is 11.8 Å².